The van der Waals surface area contributed by atoms with E-state index in [1.807, 2.05) is 18.0 Å². The number of hydrogen-bond donors (Lipinski definition) is 1. The Balaban J connectivity index is 2.09. The molecule has 0 aliphatic carbocycles. The van der Waals surface area contributed by atoms with E-state index < -0.39 is 0 Å². The standard InChI is InChI=1S/C14H21N3O/c1-16(11-14(15)18)10-12-6-2-3-7-13(12)17-8-4-5-9-17/h2-3,6-7H,4-5,8-11H2,1H3,(H2,15,18). The van der Waals surface area contributed by atoms with Crippen LogP contribution in [0.25, 0.3) is 0 Å². The van der Waals surface area contributed by atoms with E-state index in [4.69, 9.17) is 5.73 Å². The molecule has 4 nitrogen and oxygen atoms in total. The summed E-state index contributed by atoms with van der Waals surface area (Å²) in [5, 5.41) is 0. The number of anilines is 1. The lowest BCUT2D eigenvalue weighted by atomic mass is 10.1. The van der Waals surface area contributed by atoms with Crippen molar-refractivity contribution in [1.82, 2.24) is 4.90 Å². The molecule has 1 fully saturated rings. The molecular formula is C14H21N3O. The lowest BCUT2D eigenvalue weighted by Crippen LogP contribution is -2.31. The summed E-state index contributed by atoms with van der Waals surface area (Å²) in [6.45, 7) is 3.33. The van der Waals surface area contributed by atoms with Gasteiger partial charge in [0.2, 0.25) is 5.91 Å². The van der Waals surface area contributed by atoms with Gasteiger partial charge in [0.1, 0.15) is 0 Å². The molecule has 0 atom stereocenters. The van der Waals surface area contributed by atoms with Gasteiger partial charge in [0.05, 0.1) is 6.54 Å². The molecule has 2 N–H and O–H groups in total. The average Bonchev–Trinajstić information content (AvgIpc) is 2.81. The predicted molar refractivity (Wildman–Crippen MR) is 73.4 cm³/mol. The lowest BCUT2D eigenvalue weighted by molar-refractivity contribution is -0.118. The van der Waals surface area contributed by atoms with Crippen molar-refractivity contribution in [2.45, 2.75) is 19.4 Å². The minimum absolute atomic E-state index is 0.281. The fourth-order valence-electron chi connectivity index (χ4n) is 2.52. The third-order valence-corrected chi connectivity index (χ3v) is 3.30. The number of carbonyl (C=O) groups is 1. The van der Waals surface area contributed by atoms with Crippen LogP contribution < -0.4 is 10.6 Å². The van der Waals surface area contributed by atoms with Crippen LogP contribution in [0.1, 0.15) is 18.4 Å². The van der Waals surface area contributed by atoms with Gasteiger partial charge in [-0.05, 0) is 31.5 Å². The summed E-state index contributed by atoms with van der Waals surface area (Å²) in [5.74, 6) is -0.281. The summed E-state index contributed by atoms with van der Waals surface area (Å²) >= 11 is 0. The van der Waals surface area contributed by atoms with Crippen LogP contribution in [-0.4, -0.2) is 37.5 Å². The van der Waals surface area contributed by atoms with Crippen LogP contribution in [-0.2, 0) is 11.3 Å². The molecule has 1 saturated heterocycles. The van der Waals surface area contributed by atoms with Gasteiger partial charge in [0.15, 0.2) is 0 Å². The first kappa shape index (κ1) is 12.9. The summed E-state index contributed by atoms with van der Waals surface area (Å²) in [7, 11) is 1.92. The molecule has 1 aromatic carbocycles. The highest BCUT2D eigenvalue weighted by Crippen LogP contribution is 2.25. The Morgan fingerprint density at radius 3 is 2.67 bits per heavy atom. The highest BCUT2D eigenvalue weighted by molar-refractivity contribution is 5.75. The molecule has 1 amide bonds. The zero-order valence-corrected chi connectivity index (χ0v) is 10.9. The van der Waals surface area contributed by atoms with Crippen molar-refractivity contribution >= 4 is 11.6 Å². The highest BCUT2D eigenvalue weighted by atomic mass is 16.1. The highest BCUT2D eigenvalue weighted by Gasteiger charge is 2.16. The van der Waals surface area contributed by atoms with Crippen molar-refractivity contribution in [2.75, 3.05) is 31.6 Å². The first-order chi connectivity index (χ1) is 8.66. The van der Waals surface area contributed by atoms with Crippen molar-refractivity contribution in [3.8, 4) is 0 Å². The minimum Gasteiger partial charge on any atom is -0.371 e. The van der Waals surface area contributed by atoms with Crippen LogP contribution in [0, 0.1) is 0 Å². The van der Waals surface area contributed by atoms with E-state index >= 15 is 0 Å². The summed E-state index contributed by atoms with van der Waals surface area (Å²) in [6, 6.07) is 8.42. The van der Waals surface area contributed by atoms with E-state index in [1.165, 1.54) is 24.1 Å². The minimum atomic E-state index is -0.281. The van der Waals surface area contributed by atoms with Crippen molar-refractivity contribution < 1.29 is 4.79 Å². The molecule has 18 heavy (non-hydrogen) atoms. The molecule has 1 aliphatic heterocycles. The molecule has 1 aliphatic rings. The molecule has 0 radical (unpaired) electrons. The number of benzene rings is 1. The maximum Gasteiger partial charge on any atom is 0.231 e. The summed E-state index contributed by atoms with van der Waals surface area (Å²) in [5.41, 5.74) is 7.78. The van der Waals surface area contributed by atoms with Gasteiger partial charge in [-0.3, -0.25) is 9.69 Å². The molecule has 0 bridgehead atoms. The first-order valence-electron chi connectivity index (χ1n) is 6.46. The zero-order chi connectivity index (χ0) is 13.0. The number of amides is 1. The summed E-state index contributed by atoms with van der Waals surface area (Å²) < 4.78 is 0. The number of carbonyl (C=O) groups excluding carboxylic acids is 1. The molecule has 98 valence electrons. The number of likely N-dealkylation sites (N-methyl/N-ethyl adjacent to an activating group) is 1. The molecule has 0 unspecified atom stereocenters. The Hall–Kier alpha value is -1.55. The number of nitrogens with two attached hydrogens (primary N) is 1. The van der Waals surface area contributed by atoms with Gasteiger partial charge in [-0.1, -0.05) is 18.2 Å². The maximum absolute atomic E-state index is 10.9. The number of para-hydroxylation sites is 1. The van der Waals surface area contributed by atoms with Crippen LogP contribution in [0.2, 0.25) is 0 Å². The quantitative estimate of drug-likeness (QED) is 0.850. The number of hydrogen-bond acceptors (Lipinski definition) is 3. The Morgan fingerprint density at radius 1 is 1.33 bits per heavy atom. The van der Waals surface area contributed by atoms with Gasteiger partial charge in [0.25, 0.3) is 0 Å². The first-order valence-corrected chi connectivity index (χ1v) is 6.46. The monoisotopic (exact) mass is 247 g/mol. The van der Waals surface area contributed by atoms with Gasteiger partial charge in [-0.25, -0.2) is 0 Å². The Labute approximate surface area is 108 Å². The molecule has 0 spiro atoms. The van der Waals surface area contributed by atoms with Crippen LogP contribution >= 0.6 is 0 Å². The smallest absolute Gasteiger partial charge is 0.231 e. The molecular weight excluding hydrogens is 226 g/mol. The molecule has 2 rings (SSSR count). The Morgan fingerprint density at radius 2 is 2.00 bits per heavy atom. The third-order valence-electron chi connectivity index (χ3n) is 3.30. The van der Waals surface area contributed by atoms with E-state index in [-0.39, 0.29) is 5.91 Å². The SMILES string of the molecule is CN(CC(N)=O)Cc1ccccc1N1CCCC1. The number of primary amides is 1. The fourth-order valence-corrected chi connectivity index (χ4v) is 2.52. The topological polar surface area (TPSA) is 49.6 Å². The summed E-state index contributed by atoms with van der Waals surface area (Å²) in [6.07, 6.45) is 2.54. The van der Waals surface area contributed by atoms with E-state index in [1.54, 1.807) is 0 Å². The van der Waals surface area contributed by atoms with Gasteiger partial charge < -0.3 is 10.6 Å². The van der Waals surface area contributed by atoms with Crippen molar-refractivity contribution in [1.29, 1.82) is 0 Å². The number of nitrogens with zero attached hydrogens (tertiary/aromatic N) is 2. The number of rotatable bonds is 5. The Bertz CT molecular complexity index is 413. The largest absolute Gasteiger partial charge is 0.371 e. The average molecular weight is 247 g/mol. The van der Waals surface area contributed by atoms with E-state index in [0.29, 0.717) is 6.54 Å². The van der Waals surface area contributed by atoms with Gasteiger partial charge in [-0.2, -0.15) is 0 Å². The molecule has 0 aromatic heterocycles. The third kappa shape index (κ3) is 3.23. The Kier molecular flexibility index (Phi) is 4.20. The van der Waals surface area contributed by atoms with Crippen LogP contribution in [0.15, 0.2) is 24.3 Å². The lowest BCUT2D eigenvalue weighted by Gasteiger charge is -2.23. The second-order valence-corrected chi connectivity index (χ2v) is 4.96. The predicted octanol–water partition coefficient (Wildman–Crippen LogP) is 1.20. The maximum atomic E-state index is 10.9. The van der Waals surface area contributed by atoms with Crippen LogP contribution in [0.4, 0.5) is 5.69 Å². The van der Waals surface area contributed by atoms with Crippen LogP contribution in [0.3, 0.4) is 0 Å². The fraction of sp³-hybridized carbons (Fsp3) is 0.500. The molecule has 0 saturated carbocycles. The van der Waals surface area contributed by atoms with Gasteiger partial charge in [-0.15, -0.1) is 0 Å². The second-order valence-electron chi connectivity index (χ2n) is 4.96. The van der Waals surface area contributed by atoms with E-state index in [0.717, 1.165) is 19.6 Å². The summed E-state index contributed by atoms with van der Waals surface area (Å²) in [4.78, 5) is 15.3. The van der Waals surface area contributed by atoms with Crippen molar-refractivity contribution in [3.05, 3.63) is 29.8 Å². The van der Waals surface area contributed by atoms with Gasteiger partial charge in [0, 0.05) is 25.3 Å². The second kappa shape index (κ2) is 5.87. The van der Waals surface area contributed by atoms with Crippen molar-refractivity contribution in [3.63, 3.8) is 0 Å². The zero-order valence-electron chi connectivity index (χ0n) is 10.9. The molecule has 1 aromatic rings. The van der Waals surface area contributed by atoms with E-state index in [9.17, 15) is 4.79 Å². The van der Waals surface area contributed by atoms with Crippen molar-refractivity contribution in [2.24, 2.45) is 5.73 Å². The van der Waals surface area contributed by atoms with Crippen LogP contribution in [0.5, 0.6) is 0 Å². The molecule has 1 heterocycles. The van der Waals surface area contributed by atoms with E-state index in [2.05, 4.69) is 23.1 Å². The molecule has 4 heteroatoms. The normalized spacial score (nSPS) is 15.3. The van der Waals surface area contributed by atoms with Gasteiger partial charge >= 0.3 is 0 Å².